The number of carbonyl (C=O) groups is 1. The molecule has 0 radical (unpaired) electrons. The van der Waals surface area contributed by atoms with Crippen LogP contribution in [0.3, 0.4) is 0 Å². The van der Waals surface area contributed by atoms with Gasteiger partial charge in [-0.15, -0.1) is 11.3 Å². The maximum Gasteiger partial charge on any atom is 0.264 e. The highest BCUT2D eigenvalue weighted by molar-refractivity contribution is 7.89. The third-order valence-corrected chi connectivity index (χ3v) is 8.48. The molecule has 0 bridgehead atoms. The fraction of sp³-hybridized carbons (Fsp3) is 0.250. The fourth-order valence-corrected chi connectivity index (χ4v) is 6.23. The number of sulfonamides is 1. The van der Waals surface area contributed by atoms with Crippen molar-refractivity contribution in [1.82, 2.24) is 9.21 Å². The van der Waals surface area contributed by atoms with Crippen LogP contribution in [0.2, 0.25) is 5.02 Å². The van der Waals surface area contributed by atoms with Crippen LogP contribution in [0.4, 0.5) is 4.39 Å². The van der Waals surface area contributed by atoms with Crippen molar-refractivity contribution in [2.45, 2.75) is 11.8 Å². The second kappa shape index (κ2) is 7.68. The van der Waals surface area contributed by atoms with E-state index in [2.05, 4.69) is 0 Å². The molecule has 0 atom stereocenters. The normalized spacial score (nSPS) is 15.8. The first-order valence-electron chi connectivity index (χ1n) is 9.01. The van der Waals surface area contributed by atoms with Gasteiger partial charge in [0.1, 0.15) is 5.82 Å². The first kappa shape index (κ1) is 20.3. The summed E-state index contributed by atoms with van der Waals surface area (Å²) in [6.45, 7) is 2.71. The van der Waals surface area contributed by atoms with Gasteiger partial charge in [0, 0.05) is 41.3 Å². The van der Waals surface area contributed by atoms with Gasteiger partial charge in [0.2, 0.25) is 10.0 Å². The van der Waals surface area contributed by atoms with Crippen molar-refractivity contribution in [3.05, 3.63) is 63.7 Å². The number of benzene rings is 2. The second-order valence-corrected chi connectivity index (χ2v) is 10.2. The lowest BCUT2D eigenvalue weighted by atomic mass is 10.1. The van der Waals surface area contributed by atoms with Crippen molar-refractivity contribution in [1.29, 1.82) is 0 Å². The molecule has 2 aromatic carbocycles. The lowest BCUT2D eigenvalue weighted by molar-refractivity contribution is 0.0702. The van der Waals surface area contributed by atoms with Crippen molar-refractivity contribution in [3.63, 3.8) is 0 Å². The minimum atomic E-state index is -3.64. The topological polar surface area (TPSA) is 57.7 Å². The molecule has 0 unspecified atom stereocenters. The van der Waals surface area contributed by atoms with E-state index in [1.54, 1.807) is 24.0 Å². The number of thiophene rings is 1. The largest absolute Gasteiger partial charge is 0.335 e. The number of amides is 1. The first-order valence-corrected chi connectivity index (χ1v) is 11.6. The molecule has 3 aromatic rings. The molecule has 152 valence electrons. The van der Waals surface area contributed by atoms with Gasteiger partial charge in [0.15, 0.2) is 0 Å². The molecule has 0 saturated carbocycles. The van der Waals surface area contributed by atoms with Crippen LogP contribution in [-0.4, -0.2) is 49.7 Å². The van der Waals surface area contributed by atoms with Gasteiger partial charge in [0.05, 0.1) is 9.77 Å². The van der Waals surface area contributed by atoms with E-state index in [4.69, 9.17) is 11.6 Å². The number of rotatable bonds is 3. The zero-order valence-electron chi connectivity index (χ0n) is 15.6. The Bertz CT molecular complexity index is 1180. The number of nitrogens with zero attached hydrogens (tertiary/aromatic N) is 2. The van der Waals surface area contributed by atoms with Gasteiger partial charge in [-0.2, -0.15) is 4.31 Å². The number of piperazine rings is 1. The van der Waals surface area contributed by atoms with Crippen LogP contribution in [0, 0.1) is 12.7 Å². The zero-order chi connectivity index (χ0) is 20.8. The minimum Gasteiger partial charge on any atom is -0.335 e. The number of carbonyl (C=O) groups excluding carboxylic acids is 1. The maximum absolute atomic E-state index is 14.1. The predicted octanol–water partition coefficient (Wildman–Crippen LogP) is 4.15. The summed E-state index contributed by atoms with van der Waals surface area (Å²) in [5.41, 5.74) is 0.629. The van der Waals surface area contributed by atoms with Crippen LogP contribution >= 0.6 is 22.9 Å². The molecular weight excluding hydrogens is 435 g/mol. The number of halogens is 2. The summed E-state index contributed by atoms with van der Waals surface area (Å²) < 4.78 is 41.8. The second-order valence-electron chi connectivity index (χ2n) is 6.82. The Hall–Kier alpha value is -2.00. The van der Waals surface area contributed by atoms with E-state index in [1.807, 2.05) is 0 Å². The lowest BCUT2D eigenvalue weighted by Crippen LogP contribution is -2.50. The van der Waals surface area contributed by atoms with E-state index >= 15 is 0 Å². The Morgan fingerprint density at radius 3 is 2.34 bits per heavy atom. The Morgan fingerprint density at radius 1 is 1.07 bits per heavy atom. The summed E-state index contributed by atoms with van der Waals surface area (Å²) in [4.78, 5) is 15.3. The van der Waals surface area contributed by atoms with Crippen LogP contribution in [-0.2, 0) is 10.0 Å². The maximum atomic E-state index is 14.1. The van der Waals surface area contributed by atoms with E-state index in [1.165, 1.54) is 46.0 Å². The number of hydrogen-bond donors (Lipinski definition) is 0. The molecule has 4 rings (SSSR count). The Balaban J connectivity index is 1.51. The molecule has 1 amide bonds. The van der Waals surface area contributed by atoms with E-state index < -0.39 is 10.0 Å². The summed E-state index contributed by atoms with van der Waals surface area (Å²) in [7, 11) is -3.64. The molecule has 0 spiro atoms. The number of fused-ring (bicyclic) bond motifs is 1. The summed E-state index contributed by atoms with van der Waals surface area (Å²) in [6.07, 6.45) is 0. The zero-order valence-corrected chi connectivity index (χ0v) is 18.0. The molecule has 1 aliphatic rings. The van der Waals surface area contributed by atoms with Gasteiger partial charge in [-0.05, 0) is 48.9 Å². The standard InChI is InChI=1S/C20H18ClFN2O3S2/c1-13-18-16(22)3-2-4-17(18)28-19(13)20(25)23-9-11-24(12-10-23)29(26,27)15-7-5-14(21)6-8-15/h2-8H,9-12H2,1H3. The van der Waals surface area contributed by atoms with Gasteiger partial charge < -0.3 is 4.90 Å². The molecule has 1 aromatic heterocycles. The van der Waals surface area contributed by atoms with Crippen molar-refractivity contribution < 1.29 is 17.6 Å². The Kier molecular flexibility index (Phi) is 5.37. The highest BCUT2D eigenvalue weighted by Crippen LogP contribution is 2.33. The third-order valence-electron chi connectivity index (χ3n) is 5.07. The Labute approximate surface area is 177 Å². The van der Waals surface area contributed by atoms with Crippen LogP contribution in [0.15, 0.2) is 47.4 Å². The van der Waals surface area contributed by atoms with Crippen LogP contribution in [0.5, 0.6) is 0 Å². The summed E-state index contributed by atoms with van der Waals surface area (Å²) in [6, 6.07) is 10.8. The number of aryl methyl sites for hydroxylation is 1. The van der Waals surface area contributed by atoms with Crippen molar-refractivity contribution in [2.75, 3.05) is 26.2 Å². The van der Waals surface area contributed by atoms with E-state index in [-0.39, 0.29) is 42.8 Å². The van der Waals surface area contributed by atoms with E-state index in [0.29, 0.717) is 20.8 Å². The summed E-state index contributed by atoms with van der Waals surface area (Å²) >= 11 is 7.11. The van der Waals surface area contributed by atoms with Gasteiger partial charge in [-0.1, -0.05) is 17.7 Å². The van der Waals surface area contributed by atoms with Crippen molar-refractivity contribution in [2.24, 2.45) is 0 Å². The Morgan fingerprint density at radius 2 is 1.72 bits per heavy atom. The predicted molar refractivity (Wildman–Crippen MR) is 113 cm³/mol. The molecule has 1 saturated heterocycles. The van der Waals surface area contributed by atoms with Crippen LogP contribution in [0.1, 0.15) is 15.2 Å². The summed E-state index contributed by atoms with van der Waals surface area (Å²) in [5.74, 6) is -0.527. The number of hydrogen-bond acceptors (Lipinski definition) is 4. The fourth-order valence-electron chi connectivity index (χ4n) is 3.49. The summed E-state index contributed by atoms with van der Waals surface area (Å²) in [5, 5.41) is 0.944. The van der Waals surface area contributed by atoms with Crippen molar-refractivity contribution in [3.8, 4) is 0 Å². The van der Waals surface area contributed by atoms with E-state index in [0.717, 1.165) is 4.70 Å². The molecule has 1 aliphatic heterocycles. The third kappa shape index (κ3) is 3.66. The molecule has 0 aliphatic carbocycles. The molecular formula is C20H18ClFN2O3S2. The minimum absolute atomic E-state index is 0.178. The molecule has 5 nitrogen and oxygen atoms in total. The van der Waals surface area contributed by atoms with Gasteiger partial charge in [-0.3, -0.25) is 4.79 Å². The van der Waals surface area contributed by atoms with Gasteiger partial charge in [-0.25, -0.2) is 12.8 Å². The van der Waals surface area contributed by atoms with E-state index in [9.17, 15) is 17.6 Å². The average molecular weight is 453 g/mol. The first-order chi connectivity index (χ1) is 13.8. The quantitative estimate of drug-likeness (QED) is 0.599. The molecule has 1 fully saturated rings. The highest BCUT2D eigenvalue weighted by Gasteiger charge is 2.31. The highest BCUT2D eigenvalue weighted by atomic mass is 35.5. The monoisotopic (exact) mass is 452 g/mol. The van der Waals surface area contributed by atoms with Gasteiger partial charge >= 0.3 is 0 Å². The SMILES string of the molecule is Cc1c(C(=O)N2CCN(S(=O)(=O)c3ccc(Cl)cc3)CC2)sc2cccc(F)c12. The van der Waals surface area contributed by atoms with Crippen molar-refractivity contribution >= 4 is 49.0 Å². The average Bonchev–Trinajstić information content (AvgIpc) is 3.05. The smallest absolute Gasteiger partial charge is 0.264 e. The molecule has 2 heterocycles. The lowest BCUT2D eigenvalue weighted by Gasteiger charge is -2.34. The molecule has 29 heavy (non-hydrogen) atoms. The molecule has 0 N–H and O–H groups in total. The van der Waals surface area contributed by atoms with Crippen LogP contribution < -0.4 is 0 Å². The molecule has 9 heteroatoms. The van der Waals surface area contributed by atoms with Gasteiger partial charge in [0.25, 0.3) is 5.91 Å². The van der Waals surface area contributed by atoms with Crippen LogP contribution in [0.25, 0.3) is 10.1 Å².